The molecular weight excluding hydrogens is 361 g/mol. The van der Waals surface area contributed by atoms with E-state index in [9.17, 15) is 18.3 Å². The molecule has 0 aromatic carbocycles. The van der Waals surface area contributed by atoms with Gasteiger partial charge in [0.1, 0.15) is 28.6 Å². The molecule has 0 bridgehead atoms. The number of aryl methyl sites for hydroxylation is 1. The molecule has 0 saturated heterocycles. The van der Waals surface area contributed by atoms with Crippen LogP contribution in [0.1, 0.15) is 24.1 Å². The second kappa shape index (κ2) is 6.99. The van der Waals surface area contributed by atoms with Crippen LogP contribution in [0.25, 0.3) is 11.5 Å². The molecule has 3 aromatic rings. The van der Waals surface area contributed by atoms with Crippen LogP contribution in [0.5, 0.6) is 0 Å². The quantitative estimate of drug-likeness (QED) is 0.703. The van der Waals surface area contributed by atoms with Crippen LogP contribution in [0.2, 0.25) is 0 Å². The molecule has 0 fully saturated rings. The third kappa shape index (κ3) is 4.43. The van der Waals surface area contributed by atoms with Gasteiger partial charge in [0.2, 0.25) is 0 Å². The summed E-state index contributed by atoms with van der Waals surface area (Å²) in [7, 11) is 0. The number of furan rings is 1. The minimum Gasteiger partial charge on any atom is -0.463 e. The van der Waals surface area contributed by atoms with E-state index in [1.54, 1.807) is 31.2 Å². The number of nitrogens with zero attached hydrogens (tertiary/aromatic N) is 3. The van der Waals surface area contributed by atoms with Gasteiger partial charge < -0.3 is 14.8 Å². The molecule has 27 heavy (non-hydrogen) atoms. The van der Waals surface area contributed by atoms with E-state index < -0.39 is 17.5 Å². The Morgan fingerprint density at radius 2 is 1.93 bits per heavy atom. The van der Waals surface area contributed by atoms with Gasteiger partial charge >= 0.3 is 6.18 Å². The summed E-state index contributed by atoms with van der Waals surface area (Å²) in [5.74, 6) is 0.662. The lowest BCUT2D eigenvalue weighted by Crippen LogP contribution is -2.30. The molecule has 0 radical (unpaired) electrons. The predicted molar refractivity (Wildman–Crippen MR) is 91.8 cm³/mol. The zero-order valence-electron chi connectivity index (χ0n) is 14.6. The van der Waals surface area contributed by atoms with Gasteiger partial charge in [0.15, 0.2) is 11.5 Å². The molecular formula is C18H17F3N4O2. The van der Waals surface area contributed by atoms with Crippen molar-refractivity contribution in [1.29, 1.82) is 0 Å². The zero-order valence-corrected chi connectivity index (χ0v) is 14.6. The molecule has 142 valence electrons. The minimum absolute atomic E-state index is 0.0819. The van der Waals surface area contributed by atoms with Crippen molar-refractivity contribution in [3.05, 3.63) is 59.8 Å². The maximum atomic E-state index is 13.2. The van der Waals surface area contributed by atoms with Gasteiger partial charge in [-0.15, -0.1) is 0 Å². The highest BCUT2D eigenvalue weighted by Gasteiger charge is 2.34. The van der Waals surface area contributed by atoms with Crippen LogP contribution in [-0.4, -0.2) is 26.6 Å². The Morgan fingerprint density at radius 1 is 1.15 bits per heavy atom. The zero-order chi connectivity index (χ0) is 19.7. The number of alkyl halides is 3. The molecule has 0 aliphatic carbocycles. The first-order valence-electron chi connectivity index (χ1n) is 8.06. The Kier molecular flexibility index (Phi) is 4.88. The number of anilines is 1. The molecule has 0 saturated carbocycles. The summed E-state index contributed by atoms with van der Waals surface area (Å²) in [5.41, 5.74) is -2.34. The standard InChI is InChI=1S/C18H17F3N4O2/c1-11-6-7-14(27-11)17(2,26)10-23-15-9-13(18(19,20)21)24-16(25-15)12-5-3-4-8-22-12/h3-9,26H,10H2,1-2H3,(H,23,24,25). The van der Waals surface area contributed by atoms with Crippen molar-refractivity contribution >= 4 is 5.82 Å². The van der Waals surface area contributed by atoms with Crippen molar-refractivity contribution < 1.29 is 22.7 Å². The number of aromatic nitrogens is 3. The lowest BCUT2D eigenvalue weighted by molar-refractivity contribution is -0.141. The van der Waals surface area contributed by atoms with Crippen molar-refractivity contribution in [3.63, 3.8) is 0 Å². The first-order chi connectivity index (χ1) is 12.6. The number of aliphatic hydroxyl groups is 1. The normalized spacial score (nSPS) is 14.0. The van der Waals surface area contributed by atoms with Crippen LogP contribution in [0, 0.1) is 6.92 Å². The Morgan fingerprint density at radius 3 is 2.52 bits per heavy atom. The highest BCUT2D eigenvalue weighted by atomic mass is 19.4. The van der Waals surface area contributed by atoms with Gasteiger partial charge in [0, 0.05) is 12.3 Å². The summed E-state index contributed by atoms with van der Waals surface area (Å²) in [4.78, 5) is 11.6. The van der Waals surface area contributed by atoms with Gasteiger partial charge in [-0.3, -0.25) is 4.98 Å². The fourth-order valence-electron chi connectivity index (χ4n) is 2.37. The van der Waals surface area contributed by atoms with Gasteiger partial charge in [0.05, 0.1) is 6.54 Å². The Hall–Kier alpha value is -2.94. The van der Waals surface area contributed by atoms with E-state index in [1.165, 1.54) is 19.2 Å². The van der Waals surface area contributed by atoms with Crippen LogP contribution < -0.4 is 5.32 Å². The summed E-state index contributed by atoms with van der Waals surface area (Å²) in [5, 5.41) is 13.3. The van der Waals surface area contributed by atoms with Gasteiger partial charge in [0.25, 0.3) is 0 Å². The van der Waals surface area contributed by atoms with E-state index >= 15 is 0 Å². The monoisotopic (exact) mass is 378 g/mol. The van der Waals surface area contributed by atoms with E-state index in [-0.39, 0.29) is 23.9 Å². The fourth-order valence-corrected chi connectivity index (χ4v) is 2.37. The second-order valence-electron chi connectivity index (χ2n) is 6.21. The molecule has 0 aliphatic heterocycles. The first-order valence-corrected chi connectivity index (χ1v) is 8.06. The highest BCUT2D eigenvalue weighted by molar-refractivity contribution is 5.53. The lowest BCUT2D eigenvalue weighted by Gasteiger charge is -2.22. The summed E-state index contributed by atoms with van der Waals surface area (Å²) in [6.45, 7) is 3.10. The summed E-state index contributed by atoms with van der Waals surface area (Å²) < 4.78 is 45.0. The van der Waals surface area contributed by atoms with E-state index in [2.05, 4.69) is 20.3 Å². The van der Waals surface area contributed by atoms with E-state index in [0.717, 1.165) is 6.07 Å². The Labute approximate surface area is 153 Å². The van der Waals surface area contributed by atoms with Crippen molar-refractivity contribution in [1.82, 2.24) is 15.0 Å². The first kappa shape index (κ1) is 18.8. The van der Waals surface area contributed by atoms with Gasteiger partial charge in [-0.25, -0.2) is 9.97 Å². The van der Waals surface area contributed by atoms with Gasteiger partial charge in [-0.1, -0.05) is 6.07 Å². The number of halogens is 3. The van der Waals surface area contributed by atoms with Gasteiger partial charge in [-0.05, 0) is 38.1 Å². The number of pyridine rings is 1. The average molecular weight is 378 g/mol. The Bertz CT molecular complexity index is 924. The fraction of sp³-hybridized carbons (Fsp3) is 0.278. The van der Waals surface area contributed by atoms with Crippen molar-refractivity contribution in [2.24, 2.45) is 0 Å². The number of rotatable bonds is 5. The third-order valence-corrected chi connectivity index (χ3v) is 3.80. The molecule has 0 amide bonds. The molecule has 2 N–H and O–H groups in total. The van der Waals surface area contributed by atoms with Crippen LogP contribution in [0.3, 0.4) is 0 Å². The number of nitrogens with one attached hydrogen (secondary N) is 1. The maximum Gasteiger partial charge on any atom is 0.433 e. The summed E-state index contributed by atoms with van der Waals surface area (Å²) in [6.07, 6.45) is -3.21. The molecule has 0 spiro atoms. The summed E-state index contributed by atoms with van der Waals surface area (Å²) in [6, 6.07) is 8.87. The van der Waals surface area contributed by atoms with E-state index in [1.807, 2.05) is 0 Å². The molecule has 6 nitrogen and oxygen atoms in total. The molecule has 3 heterocycles. The minimum atomic E-state index is -4.65. The van der Waals surface area contributed by atoms with Crippen molar-refractivity contribution in [2.75, 3.05) is 11.9 Å². The second-order valence-corrected chi connectivity index (χ2v) is 6.21. The SMILES string of the molecule is Cc1ccc(C(C)(O)CNc2cc(C(F)(F)F)nc(-c3ccccn3)n2)o1. The average Bonchev–Trinajstić information content (AvgIpc) is 3.07. The molecule has 9 heteroatoms. The summed E-state index contributed by atoms with van der Waals surface area (Å²) >= 11 is 0. The lowest BCUT2D eigenvalue weighted by atomic mass is 10.0. The highest BCUT2D eigenvalue weighted by Crippen LogP contribution is 2.31. The van der Waals surface area contributed by atoms with E-state index in [0.29, 0.717) is 11.5 Å². The molecule has 0 aliphatic rings. The third-order valence-electron chi connectivity index (χ3n) is 3.80. The number of hydrogen-bond acceptors (Lipinski definition) is 6. The van der Waals surface area contributed by atoms with Gasteiger partial charge in [-0.2, -0.15) is 13.2 Å². The van der Waals surface area contributed by atoms with Crippen molar-refractivity contribution in [3.8, 4) is 11.5 Å². The predicted octanol–water partition coefficient (Wildman–Crippen LogP) is 3.78. The van der Waals surface area contributed by atoms with Crippen LogP contribution in [-0.2, 0) is 11.8 Å². The molecule has 1 unspecified atom stereocenters. The van der Waals surface area contributed by atoms with Crippen LogP contribution in [0.15, 0.2) is 47.0 Å². The van der Waals surface area contributed by atoms with Crippen LogP contribution in [0.4, 0.5) is 19.0 Å². The van der Waals surface area contributed by atoms with Crippen LogP contribution >= 0.6 is 0 Å². The molecule has 1 atom stereocenters. The maximum absolute atomic E-state index is 13.2. The largest absolute Gasteiger partial charge is 0.463 e. The Balaban J connectivity index is 1.90. The van der Waals surface area contributed by atoms with E-state index in [4.69, 9.17) is 4.42 Å². The number of hydrogen-bond donors (Lipinski definition) is 2. The van der Waals surface area contributed by atoms with Crippen molar-refractivity contribution in [2.45, 2.75) is 25.6 Å². The smallest absolute Gasteiger partial charge is 0.433 e. The molecule has 3 rings (SSSR count). The topological polar surface area (TPSA) is 84.1 Å². The molecule has 3 aromatic heterocycles.